The van der Waals surface area contributed by atoms with Crippen molar-refractivity contribution in [2.45, 2.75) is 39.8 Å². The number of likely N-dealkylation sites (N-methyl/N-ethyl adjacent to an activating group) is 1. The molecule has 1 heterocycles. The first-order valence-corrected chi connectivity index (χ1v) is 6.25. The smallest absolute Gasteiger partial charge is 0.240 e. The number of nitrogens with two attached hydrogens (primary N) is 1. The van der Waals surface area contributed by atoms with Gasteiger partial charge in [0.25, 0.3) is 0 Å². The maximum atomic E-state index is 12.1. The maximum absolute atomic E-state index is 12.1. The molecule has 2 atom stereocenters. The lowest BCUT2D eigenvalue weighted by Crippen LogP contribution is -2.58. The number of carbonyl (C=O) groups excluding carboxylic acids is 1. The summed E-state index contributed by atoms with van der Waals surface area (Å²) in [5.41, 5.74) is 5.92. The van der Waals surface area contributed by atoms with E-state index in [0.29, 0.717) is 0 Å². The fourth-order valence-corrected chi connectivity index (χ4v) is 2.12. The quantitative estimate of drug-likeness (QED) is 0.765. The molecule has 94 valence electrons. The first-order valence-electron chi connectivity index (χ1n) is 6.25. The van der Waals surface area contributed by atoms with Crippen LogP contribution in [-0.4, -0.2) is 54.0 Å². The highest BCUT2D eigenvalue weighted by Gasteiger charge is 2.30. The van der Waals surface area contributed by atoms with Crippen LogP contribution in [0.15, 0.2) is 0 Å². The van der Waals surface area contributed by atoms with E-state index in [1.54, 1.807) is 0 Å². The largest absolute Gasteiger partial charge is 0.336 e. The number of hydrogen-bond donors (Lipinski definition) is 1. The Morgan fingerprint density at radius 2 is 2.06 bits per heavy atom. The van der Waals surface area contributed by atoms with Gasteiger partial charge in [0, 0.05) is 25.7 Å². The first kappa shape index (κ1) is 13.5. The minimum absolute atomic E-state index is 0.109. The Morgan fingerprint density at radius 1 is 1.44 bits per heavy atom. The van der Waals surface area contributed by atoms with Crippen LogP contribution in [0.3, 0.4) is 0 Å². The molecule has 16 heavy (non-hydrogen) atoms. The Kier molecular flexibility index (Phi) is 4.74. The Morgan fingerprint density at radius 3 is 2.50 bits per heavy atom. The fourth-order valence-electron chi connectivity index (χ4n) is 2.12. The minimum Gasteiger partial charge on any atom is -0.336 e. The van der Waals surface area contributed by atoms with Gasteiger partial charge in [0.05, 0.1) is 6.04 Å². The van der Waals surface area contributed by atoms with Crippen LogP contribution in [0.2, 0.25) is 0 Å². The van der Waals surface area contributed by atoms with Crippen LogP contribution in [0.25, 0.3) is 0 Å². The number of rotatable bonds is 3. The van der Waals surface area contributed by atoms with Gasteiger partial charge in [-0.25, -0.2) is 0 Å². The summed E-state index contributed by atoms with van der Waals surface area (Å²) in [5, 5.41) is 0. The lowest BCUT2D eigenvalue weighted by molar-refractivity contribution is -0.138. The van der Waals surface area contributed by atoms with Gasteiger partial charge in [0.15, 0.2) is 0 Å². The molecule has 1 rings (SSSR count). The molecule has 0 bridgehead atoms. The maximum Gasteiger partial charge on any atom is 0.240 e. The molecular weight excluding hydrogens is 202 g/mol. The predicted octanol–water partition coefficient (Wildman–Crippen LogP) is 0.522. The molecule has 1 saturated heterocycles. The number of hydrogen-bond acceptors (Lipinski definition) is 3. The standard InChI is InChI=1S/C12H25N3O/c1-5-14-6-7-15(10(4)8-14)12(16)11(13)9(2)3/h9-11H,5-8,13H2,1-4H3/t10?,11-/m0/s1. The van der Waals surface area contributed by atoms with Crippen molar-refractivity contribution < 1.29 is 4.79 Å². The van der Waals surface area contributed by atoms with Crippen LogP contribution < -0.4 is 5.73 Å². The summed E-state index contributed by atoms with van der Waals surface area (Å²) >= 11 is 0. The van der Waals surface area contributed by atoms with Crippen molar-refractivity contribution >= 4 is 5.91 Å². The number of nitrogens with zero attached hydrogens (tertiary/aromatic N) is 2. The molecule has 0 aliphatic carbocycles. The van der Waals surface area contributed by atoms with E-state index in [9.17, 15) is 4.79 Å². The molecule has 1 aliphatic heterocycles. The van der Waals surface area contributed by atoms with Gasteiger partial charge in [-0.15, -0.1) is 0 Å². The molecule has 1 fully saturated rings. The summed E-state index contributed by atoms with van der Waals surface area (Å²) in [6.45, 7) is 12.1. The van der Waals surface area contributed by atoms with Crippen molar-refractivity contribution in [3.63, 3.8) is 0 Å². The summed E-state index contributed by atoms with van der Waals surface area (Å²) in [7, 11) is 0. The van der Waals surface area contributed by atoms with Crippen molar-refractivity contribution in [1.82, 2.24) is 9.80 Å². The van der Waals surface area contributed by atoms with Crippen molar-refractivity contribution in [2.24, 2.45) is 11.7 Å². The second kappa shape index (κ2) is 5.64. The zero-order chi connectivity index (χ0) is 12.3. The molecule has 1 unspecified atom stereocenters. The van der Waals surface area contributed by atoms with Gasteiger partial charge in [-0.05, 0) is 19.4 Å². The van der Waals surface area contributed by atoms with E-state index in [2.05, 4.69) is 18.7 Å². The lowest BCUT2D eigenvalue weighted by atomic mass is 10.0. The zero-order valence-corrected chi connectivity index (χ0v) is 10.9. The van der Waals surface area contributed by atoms with Crippen LogP contribution in [0.4, 0.5) is 0 Å². The second-order valence-corrected chi connectivity index (χ2v) is 5.04. The Bertz CT molecular complexity index is 242. The van der Waals surface area contributed by atoms with Crippen molar-refractivity contribution in [2.75, 3.05) is 26.2 Å². The van der Waals surface area contributed by atoms with Crippen LogP contribution >= 0.6 is 0 Å². The van der Waals surface area contributed by atoms with E-state index < -0.39 is 0 Å². The average molecular weight is 227 g/mol. The molecule has 0 aromatic carbocycles. The highest BCUT2D eigenvalue weighted by molar-refractivity contribution is 5.82. The lowest BCUT2D eigenvalue weighted by Gasteiger charge is -2.40. The van der Waals surface area contributed by atoms with Crippen molar-refractivity contribution in [1.29, 1.82) is 0 Å². The Labute approximate surface area is 98.8 Å². The molecule has 0 spiro atoms. The van der Waals surface area contributed by atoms with Gasteiger partial charge in [-0.1, -0.05) is 20.8 Å². The minimum atomic E-state index is -0.351. The molecule has 0 aromatic rings. The van der Waals surface area contributed by atoms with E-state index in [-0.39, 0.29) is 23.9 Å². The molecule has 4 heteroatoms. The van der Waals surface area contributed by atoms with Gasteiger partial charge < -0.3 is 10.6 Å². The Hall–Kier alpha value is -0.610. The van der Waals surface area contributed by atoms with Crippen molar-refractivity contribution in [3.05, 3.63) is 0 Å². The molecule has 0 aromatic heterocycles. The molecular formula is C12H25N3O. The number of piperazine rings is 1. The van der Waals surface area contributed by atoms with Gasteiger partial charge >= 0.3 is 0 Å². The third-order valence-corrected chi connectivity index (χ3v) is 3.45. The summed E-state index contributed by atoms with van der Waals surface area (Å²) in [5.74, 6) is 0.321. The molecule has 1 aliphatic rings. The van der Waals surface area contributed by atoms with Crippen LogP contribution in [0, 0.1) is 5.92 Å². The number of carbonyl (C=O) groups is 1. The van der Waals surface area contributed by atoms with E-state index >= 15 is 0 Å². The molecule has 2 N–H and O–H groups in total. The second-order valence-electron chi connectivity index (χ2n) is 5.04. The summed E-state index contributed by atoms with van der Waals surface area (Å²) < 4.78 is 0. The SMILES string of the molecule is CCN1CCN(C(=O)[C@@H](N)C(C)C)C(C)C1. The molecule has 1 amide bonds. The third-order valence-electron chi connectivity index (χ3n) is 3.45. The average Bonchev–Trinajstić information content (AvgIpc) is 2.26. The normalized spacial score (nSPS) is 24.9. The monoisotopic (exact) mass is 227 g/mol. The van der Waals surface area contributed by atoms with E-state index in [0.717, 1.165) is 26.2 Å². The molecule has 4 nitrogen and oxygen atoms in total. The van der Waals surface area contributed by atoms with Crippen molar-refractivity contribution in [3.8, 4) is 0 Å². The van der Waals surface area contributed by atoms with Gasteiger partial charge in [0.1, 0.15) is 0 Å². The van der Waals surface area contributed by atoms with E-state index in [1.807, 2.05) is 18.7 Å². The topological polar surface area (TPSA) is 49.6 Å². The fraction of sp³-hybridized carbons (Fsp3) is 0.917. The zero-order valence-electron chi connectivity index (χ0n) is 10.9. The van der Waals surface area contributed by atoms with Gasteiger partial charge in [-0.2, -0.15) is 0 Å². The summed E-state index contributed by atoms with van der Waals surface area (Å²) in [6, 6.07) is -0.0679. The number of amides is 1. The summed E-state index contributed by atoms with van der Waals surface area (Å²) in [4.78, 5) is 16.4. The van der Waals surface area contributed by atoms with E-state index in [1.165, 1.54) is 0 Å². The molecule has 0 saturated carbocycles. The molecule has 0 radical (unpaired) electrons. The summed E-state index contributed by atoms with van der Waals surface area (Å²) in [6.07, 6.45) is 0. The van der Waals surface area contributed by atoms with Gasteiger partial charge in [0.2, 0.25) is 5.91 Å². The van der Waals surface area contributed by atoms with Gasteiger partial charge in [-0.3, -0.25) is 9.69 Å². The third kappa shape index (κ3) is 2.95. The first-order chi connectivity index (χ1) is 7.47. The predicted molar refractivity (Wildman–Crippen MR) is 66.1 cm³/mol. The van der Waals surface area contributed by atoms with Crippen LogP contribution in [0.1, 0.15) is 27.7 Å². The Balaban J connectivity index is 2.58. The van der Waals surface area contributed by atoms with E-state index in [4.69, 9.17) is 5.73 Å². The highest BCUT2D eigenvalue weighted by atomic mass is 16.2. The highest BCUT2D eigenvalue weighted by Crippen LogP contribution is 2.12. The van der Waals surface area contributed by atoms with Crippen LogP contribution in [0.5, 0.6) is 0 Å². The van der Waals surface area contributed by atoms with Crippen LogP contribution in [-0.2, 0) is 4.79 Å².